The van der Waals surface area contributed by atoms with Gasteiger partial charge in [-0.15, -0.1) is 0 Å². The molecule has 0 aliphatic rings. The van der Waals surface area contributed by atoms with E-state index in [2.05, 4.69) is 15.8 Å². The van der Waals surface area contributed by atoms with E-state index in [9.17, 15) is 5.11 Å². The van der Waals surface area contributed by atoms with Crippen molar-refractivity contribution >= 4 is 23.5 Å². The Morgan fingerprint density at radius 1 is 1.14 bits per heavy atom. The maximum atomic E-state index is 9.60. The standard InChI is InChI=1S/C16H17N3OS/c1-12(13-7-3-2-4-8-13)18-16(21)19-17-11-14-9-5-6-10-15(14)20/h2-12,20H,1H3,(H2,18,19,21)/b17-11-. The van der Waals surface area contributed by atoms with Gasteiger partial charge in [0, 0.05) is 5.56 Å². The fourth-order valence-corrected chi connectivity index (χ4v) is 2.04. The van der Waals surface area contributed by atoms with E-state index in [1.54, 1.807) is 18.2 Å². The smallest absolute Gasteiger partial charge is 0.187 e. The summed E-state index contributed by atoms with van der Waals surface area (Å²) in [6.07, 6.45) is 1.52. The second-order valence-electron chi connectivity index (χ2n) is 4.53. The number of benzene rings is 2. The third kappa shape index (κ3) is 4.57. The van der Waals surface area contributed by atoms with Gasteiger partial charge in [-0.3, -0.25) is 5.43 Å². The zero-order valence-electron chi connectivity index (χ0n) is 11.7. The van der Waals surface area contributed by atoms with E-state index >= 15 is 0 Å². The molecule has 0 bridgehead atoms. The highest BCUT2D eigenvalue weighted by atomic mass is 32.1. The van der Waals surface area contributed by atoms with Crippen molar-refractivity contribution in [3.8, 4) is 5.75 Å². The van der Waals surface area contributed by atoms with Gasteiger partial charge in [-0.25, -0.2) is 0 Å². The van der Waals surface area contributed by atoms with Crippen molar-refractivity contribution in [2.45, 2.75) is 13.0 Å². The number of rotatable bonds is 4. The van der Waals surface area contributed by atoms with Crippen molar-refractivity contribution in [3.05, 3.63) is 65.7 Å². The number of aromatic hydroxyl groups is 1. The van der Waals surface area contributed by atoms with Crippen molar-refractivity contribution in [1.29, 1.82) is 0 Å². The van der Waals surface area contributed by atoms with Crippen LogP contribution in [0.5, 0.6) is 5.75 Å². The Balaban J connectivity index is 1.87. The molecule has 5 heteroatoms. The molecule has 3 N–H and O–H groups in total. The van der Waals surface area contributed by atoms with Gasteiger partial charge >= 0.3 is 0 Å². The summed E-state index contributed by atoms with van der Waals surface area (Å²) >= 11 is 5.18. The molecule has 0 aromatic heterocycles. The summed E-state index contributed by atoms with van der Waals surface area (Å²) in [4.78, 5) is 0. The number of para-hydroxylation sites is 1. The first-order valence-electron chi connectivity index (χ1n) is 6.59. The van der Waals surface area contributed by atoms with Crippen molar-refractivity contribution in [2.75, 3.05) is 0 Å². The van der Waals surface area contributed by atoms with Gasteiger partial charge in [-0.2, -0.15) is 5.10 Å². The summed E-state index contributed by atoms with van der Waals surface area (Å²) in [6, 6.07) is 17.1. The Morgan fingerprint density at radius 3 is 2.52 bits per heavy atom. The molecule has 0 radical (unpaired) electrons. The van der Waals surface area contributed by atoms with Crippen LogP contribution in [0.2, 0.25) is 0 Å². The predicted molar refractivity (Wildman–Crippen MR) is 89.4 cm³/mol. The van der Waals surface area contributed by atoms with Crippen LogP contribution in [-0.4, -0.2) is 16.4 Å². The van der Waals surface area contributed by atoms with Crippen LogP contribution in [0, 0.1) is 0 Å². The summed E-state index contributed by atoms with van der Waals surface area (Å²) in [5.74, 6) is 0.180. The molecule has 4 nitrogen and oxygen atoms in total. The number of hydrogen-bond acceptors (Lipinski definition) is 3. The van der Waals surface area contributed by atoms with Crippen molar-refractivity contribution in [2.24, 2.45) is 5.10 Å². The molecule has 21 heavy (non-hydrogen) atoms. The number of phenolic OH excluding ortho intramolecular Hbond substituents is 1. The monoisotopic (exact) mass is 299 g/mol. The maximum Gasteiger partial charge on any atom is 0.187 e. The van der Waals surface area contributed by atoms with Crippen LogP contribution in [0.25, 0.3) is 0 Å². The van der Waals surface area contributed by atoms with Crippen LogP contribution in [0.1, 0.15) is 24.1 Å². The molecule has 0 saturated heterocycles. The molecule has 0 aliphatic carbocycles. The van der Waals surface area contributed by atoms with Crippen molar-refractivity contribution in [1.82, 2.24) is 10.7 Å². The summed E-state index contributed by atoms with van der Waals surface area (Å²) < 4.78 is 0. The molecule has 0 spiro atoms. The van der Waals surface area contributed by atoms with Crippen LogP contribution >= 0.6 is 12.2 Å². The predicted octanol–water partition coefficient (Wildman–Crippen LogP) is 2.95. The van der Waals surface area contributed by atoms with E-state index in [0.29, 0.717) is 10.7 Å². The lowest BCUT2D eigenvalue weighted by molar-refractivity contribution is 0.474. The molecule has 0 fully saturated rings. The zero-order valence-corrected chi connectivity index (χ0v) is 12.5. The lowest BCUT2D eigenvalue weighted by Crippen LogP contribution is -2.34. The second kappa shape index (κ2) is 7.40. The Morgan fingerprint density at radius 2 is 1.81 bits per heavy atom. The molecule has 0 aliphatic heterocycles. The van der Waals surface area contributed by atoms with Gasteiger partial charge in [-0.05, 0) is 36.8 Å². The number of hydrazone groups is 1. The molecule has 1 unspecified atom stereocenters. The van der Waals surface area contributed by atoms with E-state index in [4.69, 9.17) is 12.2 Å². The minimum absolute atomic E-state index is 0.0894. The van der Waals surface area contributed by atoms with E-state index in [0.717, 1.165) is 5.56 Å². The van der Waals surface area contributed by atoms with Crippen LogP contribution in [0.15, 0.2) is 59.7 Å². The van der Waals surface area contributed by atoms with Gasteiger partial charge < -0.3 is 10.4 Å². The largest absolute Gasteiger partial charge is 0.507 e. The molecule has 2 aromatic carbocycles. The number of nitrogens with one attached hydrogen (secondary N) is 2. The molecule has 0 heterocycles. The Hall–Kier alpha value is -2.40. The molecule has 2 rings (SSSR count). The average molecular weight is 299 g/mol. The first-order chi connectivity index (χ1) is 10.2. The number of thiocarbonyl (C=S) groups is 1. The maximum absolute atomic E-state index is 9.60. The summed E-state index contributed by atoms with van der Waals surface area (Å²) in [6.45, 7) is 2.02. The highest BCUT2D eigenvalue weighted by Crippen LogP contribution is 2.12. The van der Waals surface area contributed by atoms with Gasteiger partial charge in [0.1, 0.15) is 5.75 Å². The van der Waals surface area contributed by atoms with Gasteiger partial charge in [0.05, 0.1) is 12.3 Å². The van der Waals surface area contributed by atoms with Crippen LogP contribution in [-0.2, 0) is 0 Å². The summed E-state index contributed by atoms with van der Waals surface area (Å²) in [5, 5.41) is 17.2. The van der Waals surface area contributed by atoms with Crippen LogP contribution < -0.4 is 10.7 Å². The third-order valence-corrected chi connectivity index (χ3v) is 3.16. The zero-order chi connectivity index (χ0) is 15.1. The Labute approximate surface area is 129 Å². The fourth-order valence-electron chi connectivity index (χ4n) is 1.81. The van der Waals surface area contributed by atoms with E-state index in [1.807, 2.05) is 43.3 Å². The second-order valence-corrected chi connectivity index (χ2v) is 4.94. The number of hydrogen-bond donors (Lipinski definition) is 3. The van der Waals surface area contributed by atoms with E-state index in [-0.39, 0.29) is 11.8 Å². The first kappa shape index (κ1) is 15.0. The van der Waals surface area contributed by atoms with E-state index < -0.39 is 0 Å². The molecular weight excluding hydrogens is 282 g/mol. The summed E-state index contributed by atoms with van der Waals surface area (Å²) in [5.41, 5.74) is 4.51. The van der Waals surface area contributed by atoms with Gasteiger partial charge in [0.2, 0.25) is 0 Å². The number of phenols is 1. The van der Waals surface area contributed by atoms with Crippen molar-refractivity contribution in [3.63, 3.8) is 0 Å². The molecule has 0 amide bonds. The summed E-state index contributed by atoms with van der Waals surface area (Å²) in [7, 11) is 0. The minimum atomic E-state index is 0.0894. The van der Waals surface area contributed by atoms with Crippen molar-refractivity contribution < 1.29 is 5.11 Å². The Bertz CT molecular complexity index is 628. The Kier molecular flexibility index (Phi) is 5.29. The third-order valence-electron chi connectivity index (χ3n) is 2.95. The number of nitrogens with zero attached hydrogens (tertiary/aromatic N) is 1. The molecule has 0 saturated carbocycles. The highest BCUT2D eigenvalue weighted by molar-refractivity contribution is 7.80. The first-order valence-corrected chi connectivity index (χ1v) is 7.00. The lowest BCUT2D eigenvalue weighted by atomic mass is 10.1. The average Bonchev–Trinajstić information content (AvgIpc) is 2.50. The molecular formula is C16H17N3OS. The topological polar surface area (TPSA) is 56.7 Å². The van der Waals surface area contributed by atoms with Gasteiger partial charge in [0.25, 0.3) is 0 Å². The molecule has 1 atom stereocenters. The fraction of sp³-hybridized carbons (Fsp3) is 0.125. The lowest BCUT2D eigenvalue weighted by Gasteiger charge is -2.15. The highest BCUT2D eigenvalue weighted by Gasteiger charge is 2.05. The van der Waals surface area contributed by atoms with E-state index in [1.165, 1.54) is 6.21 Å². The normalized spacial score (nSPS) is 12.0. The van der Waals surface area contributed by atoms with Gasteiger partial charge in [0.15, 0.2) is 5.11 Å². The minimum Gasteiger partial charge on any atom is -0.507 e. The molecule has 2 aromatic rings. The van der Waals surface area contributed by atoms with Crippen LogP contribution in [0.4, 0.5) is 0 Å². The quantitative estimate of drug-likeness (QED) is 0.461. The van der Waals surface area contributed by atoms with Crippen LogP contribution in [0.3, 0.4) is 0 Å². The SMILES string of the molecule is CC(NC(=S)N/N=C\c1ccccc1O)c1ccccc1. The van der Waals surface area contributed by atoms with Gasteiger partial charge in [-0.1, -0.05) is 42.5 Å². The molecule has 108 valence electrons.